The van der Waals surface area contributed by atoms with Crippen LogP contribution in [0.5, 0.6) is 0 Å². The van der Waals surface area contributed by atoms with Crippen LogP contribution in [0.3, 0.4) is 0 Å². The topological polar surface area (TPSA) is 78.3 Å². The van der Waals surface area contributed by atoms with Crippen molar-refractivity contribution in [3.63, 3.8) is 0 Å². The van der Waals surface area contributed by atoms with Gasteiger partial charge in [-0.15, -0.1) is 0 Å². The lowest BCUT2D eigenvalue weighted by Crippen LogP contribution is -2.14. The van der Waals surface area contributed by atoms with Crippen LogP contribution in [0.1, 0.15) is 29.4 Å². The molecular formula is C21H24N2O4S. The molecule has 0 spiro atoms. The first kappa shape index (κ1) is 20.1. The monoisotopic (exact) mass is 400 g/mol. The number of carbonyl (C=O) groups excluding carboxylic acids is 1. The van der Waals surface area contributed by atoms with E-state index >= 15 is 0 Å². The summed E-state index contributed by atoms with van der Waals surface area (Å²) in [7, 11) is -3.22. The normalized spacial score (nSPS) is 11.7. The lowest BCUT2D eigenvalue weighted by molar-refractivity contribution is -0.143. The predicted molar refractivity (Wildman–Crippen MR) is 108 cm³/mol. The fourth-order valence-electron chi connectivity index (χ4n) is 3.31. The Kier molecular flexibility index (Phi) is 5.56. The Bertz CT molecular complexity index is 1130. The number of benzene rings is 1. The van der Waals surface area contributed by atoms with Crippen LogP contribution >= 0.6 is 0 Å². The number of aryl methyl sites for hydroxylation is 1. The molecule has 0 unspecified atom stereocenters. The van der Waals surface area contributed by atoms with Gasteiger partial charge in [0.2, 0.25) is 0 Å². The zero-order chi connectivity index (χ0) is 20.5. The highest BCUT2D eigenvalue weighted by Crippen LogP contribution is 2.27. The third-order valence-corrected chi connectivity index (χ3v) is 5.88. The van der Waals surface area contributed by atoms with Crippen molar-refractivity contribution in [1.82, 2.24) is 9.55 Å². The molecule has 0 aliphatic rings. The van der Waals surface area contributed by atoms with Crippen LogP contribution in [0.4, 0.5) is 0 Å². The SMILES string of the molecule is CCOC(=O)Cn1c(C)c(Cc2ccc(S(C)(=O)=O)cc2)c2nc(C)ccc21. The van der Waals surface area contributed by atoms with Crippen LogP contribution in [-0.4, -0.2) is 36.8 Å². The molecule has 2 aromatic heterocycles. The van der Waals surface area contributed by atoms with Crippen LogP contribution in [0, 0.1) is 13.8 Å². The first-order chi connectivity index (χ1) is 13.2. The van der Waals surface area contributed by atoms with Gasteiger partial charge in [0, 0.05) is 29.6 Å². The number of carbonyl (C=O) groups is 1. The van der Waals surface area contributed by atoms with E-state index in [-0.39, 0.29) is 12.5 Å². The van der Waals surface area contributed by atoms with Gasteiger partial charge in [0.05, 0.1) is 22.5 Å². The summed E-state index contributed by atoms with van der Waals surface area (Å²) in [5.41, 5.74) is 5.60. The highest BCUT2D eigenvalue weighted by molar-refractivity contribution is 7.90. The van der Waals surface area contributed by atoms with Crippen LogP contribution in [0.2, 0.25) is 0 Å². The predicted octanol–water partition coefficient (Wildman–Crippen LogP) is 3.21. The van der Waals surface area contributed by atoms with Crippen LogP contribution in [0.25, 0.3) is 11.0 Å². The highest BCUT2D eigenvalue weighted by Gasteiger charge is 2.18. The average Bonchev–Trinajstić information content (AvgIpc) is 2.87. The number of fused-ring (bicyclic) bond motifs is 1. The number of aromatic nitrogens is 2. The molecule has 3 rings (SSSR count). The third kappa shape index (κ3) is 4.09. The largest absolute Gasteiger partial charge is 0.465 e. The quantitative estimate of drug-likeness (QED) is 0.594. The summed E-state index contributed by atoms with van der Waals surface area (Å²) in [6.45, 7) is 6.16. The van der Waals surface area contributed by atoms with Gasteiger partial charge in [-0.05, 0) is 50.6 Å². The van der Waals surface area contributed by atoms with Crippen molar-refractivity contribution < 1.29 is 17.9 Å². The fourth-order valence-corrected chi connectivity index (χ4v) is 3.94. The molecule has 2 heterocycles. The summed E-state index contributed by atoms with van der Waals surface area (Å²) in [5.74, 6) is -0.285. The summed E-state index contributed by atoms with van der Waals surface area (Å²) in [6, 6.07) is 10.8. The molecule has 0 bridgehead atoms. The molecule has 6 nitrogen and oxygen atoms in total. The van der Waals surface area contributed by atoms with E-state index in [0.717, 1.165) is 33.5 Å². The van der Waals surface area contributed by atoms with Gasteiger partial charge in [-0.25, -0.2) is 8.42 Å². The van der Waals surface area contributed by atoms with Gasteiger partial charge in [0.25, 0.3) is 0 Å². The summed E-state index contributed by atoms with van der Waals surface area (Å²) < 4.78 is 30.4. The van der Waals surface area contributed by atoms with Crippen molar-refractivity contribution in [3.05, 3.63) is 58.9 Å². The number of pyridine rings is 1. The van der Waals surface area contributed by atoms with Crippen LogP contribution in [0.15, 0.2) is 41.3 Å². The number of hydrogen-bond donors (Lipinski definition) is 0. The molecule has 0 aliphatic carbocycles. The third-order valence-electron chi connectivity index (χ3n) is 4.76. The number of ether oxygens (including phenoxy) is 1. The summed E-state index contributed by atoms with van der Waals surface area (Å²) in [6.07, 6.45) is 1.79. The van der Waals surface area contributed by atoms with Crippen molar-refractivity contribution in [2.75, 3.05) is 12.9 Å². The molecule has 0 saturated carbocycles. The van der Waals surface area contributed by atoms with Gasteiger partial charge in [-0.1, -0.05) is 12.1 Å². The molecule has 0 saturated heterocycles. The van der Waals surface area contributed by atoms with E-state index in [1.54, 1.807) is 19.1 Å². The van der Waals surface area contributed by atoms with Gasteiger partial charge >= 0.3 is 5.97 Å². The Hall–Kier alpha value is -2.67. The van der Waals surface area contributed by atoms with E-state index < -0.39 is 9.84 Å². The second-order valence-corrected chi connectivity index (χ2v) is 8.88. The molecule has 0 atom stereocenters. The maximum atomic E-state index is 12.1. The minimum absolute atomic E-state index is 0.133. The van der Waals surface area contributed by atoms with Crippen molar-refractivity contribution in [3.8, 4) is 0 Å². The minimum atomic E-state index is -3.22. The van der Waals surface area contributed by atoms with E-state index in [2.05, 4.69) is 0 Å². The second-order valence-electron chi connectivity index (χ2n) is 6.87. The molecule has 3 aromatic rings. The van der Waals surface area contributed by atoms with Gasteiger partial charge in [0.1, 0.15) is 6.54 Å². The van der Waals surface area contributed by atoms with E-state index in [9.17, 15) is 13.2 Å². The Morgan fingerprint density at radius 3 is 2.39 bits per heavy atom. The number of sulfone groups is 1. The van der Waals surface area contributed by atoms with E-state index in [0.29, 0.717) is 17.9 Å². The van der Waals surface area contributed by atoms with Gasteiger partial charge < -0.3 is 9.30 Å². The summed E-state index contributed by atoms with van der Waals surface area (Å²) in [4.78, 5) is 17.0. The smallest absolute Gasteiger partial charge is 0.325 e. The first-order valence-electron chi connectivity index (χ1n) is 9.10. The number of rotatable bonds is 6. The van der Waals surface area contributed by atoms with Gasteiger partial charge in [-0.2, -0.15) is 0 Å². The Labute approximate surface area is 165 Å². The maximum absolute atomic E-state index is 12.1. The molecule has 28 heavy (non-hydrogen) atoms. The average molecular weight is 401 g/mol. The highest BCUT2D eigenvalue weighted by atomic mass is 32.2. The number of nitrogens with zero attached hydrogens (tertiary/aromatic N) is 2. The summed E-state index contributed by atoms with van der Waals surface area (Å²) in [5, 5.41) is 0. The maximum Gasteiger partial charge on any atom is 0.325 e. The zero-order valence-corrected chi connectivity index (χ0v) is 17.3. The molecule has 0 fully saturated rings. The lowest BCUT2D eigenvalue weighted by atomic mass is 10.0. The van der Waals surface area contributed by atoms with Crippen LogP contribution < -0.4 is 0 Å². The molecule has 0 aliphatic heterocycles. The van der Waals surface area contributed by atoms with Gasteiger partial charge in [-0.3, -0.25) is 9.78 Å². The Balaban J connectivity index is 2.04. The lowest BCUT2D eigenvalue weighted by Gasteiger charge is -2.08. The molecule has 0 amide bonds. The van der Waals surface area contributed by atoms with Crippen molar-refractivity contribution in [1.29, 1.82) is 0 Å². The van der Waals surface area contributed by atoms with Gasteiger partial charge in [0.15, 0.2) is 9.84 Å². The molecule has 1 aromatic carbocycles. The summed E-state index contributed by atoms with van der Waals surface area (Å²) >= 11 is 0. The minimum Gasteiger partial charge on any atom is -0.465 e. The Morgan fingerprint density at radius 2 is 1.79 bits per heavy atom. The molecular weight excluding hydrogens is 376 g/mol. The molecule has 7 heteroatoms. The van der Waals surface area contributed by atoms with E-state index in [1.807, 2.05) is 42.7 Å². The van der Waals surface area contributed by atoms with Crippen molar-refractivity contribution >= 4 is 26.8 Å². The molecule has 148 valence electrons. The van der Waals surface area contributed by atoms with E-state index in [1.165, 1.54) is 6.26 Å². The van der Waals surface area contributed by atoms with Crippen molar-refractivity contribution in [2.24, 2.45) is 0 Å². The zero-order valence-electron chi connectivity index (χ0n) is 16.5. The van der Waals surface area contributed by atoms with E-state index in [4.69, 9.17) is 9.72 Å². The standard InChI is InChI=1S/C21H24N2O4S/c1-5-27-20(24)13-23-15(3)18(21-19(23)11-6-14(2)22-21)12-16-7-9-17(10-8-16)28(4,25)26/h6-11H,5,12-13H2,1-4H3. The fraction of sp³-hybridized carbons (Fsp3) is 0.333. The second kappa shape index (κ2) is 7.75. The van der Waals surface area contributed by atoms with Crippen molar-refractivity contribution in [2.45, 2.75) is 38.6 Å². The Morgan fingerprint density at radius 1 is 1.11 bits per heavy atom. The first-order valence-corrected chi connectivity index (χ1v) is 11.0. The van der Waals surface area contributed by atoms with Crippen LogP contribution in [-0.2, 0) is 32.3 Å². The molecule has 0 radical (unpaired) electrons. The molecule has 0 N–H and O–H groups in total. The number of hydrogen-bond acceptors (Lipinski definition) is 5. The number of esters is 1.